The molecule has 0 aromatic heterocycles. The van der Waals surface area contributed by atoms with E-state index in [0.717, 1.165) is 18.2 Å². The summed E-state index contributed by atoms with van der Waals surface area (Å²) in [6.07, 6.45) is 3.91. The Morgan fingerprint density at radius 1 is 1.17 bits per heavy atom. The Kier molecular flexibility index (Phi) is 5.44. The first kappa shape index (κ1) is 16.2. The third-order valence-corrected chi connectivity index (χ3v) is 6.61. The van der Waals surface area contributed by atoms with Gasteiger partial charge >= 0.3 is 6.16 Å². The topological polar surface area (TPSA) is 35.5 Å². The highest BCUT2D eigenvalue weighted by Crippen LogP contribution is 2.31. The van der Waals surface area contributed by atoms with Crippen LogP contribution in [0, 0.1) is 0 Å². The van der Waals surface area contributed by atoms with Crippen molar-refractivity contribution in [3.05, 3.63) is 36.4 Å². The van der Waals surface area contributed by atoms with E-state index in [4.69, 9.17) is 9.47 Å². The minimum Gasteiger partial charge on any atom is -0.434 e. The lowest BCUT2D eigenvalue weighted by atomic mass is 10.1. The highest BCUT2D eigenvalue weighted by atomic mass is 32.2. The van der Waals surface area contributed by atoms with Gasteiger partial charge in [-0.3, -0.25) is 0 Å². The van der Waals surface area contributed by atoms with Crippen LogP contribution in [0.1, 0.15) is 32.6 Å². The number of fused-ring (bicyclic) bond motifs is 1. The van der Waals surface area contributed by atoms with Gasteiger partial charge in [-0.15, -0.1) is 0 Å². The van der Waals surface area contributed by atoms with E-state index in [1.54, 1.807) is 0 Å². The Balaban J connectivity index is 1.75. The first-order chi connectivity index (χ1) is 11.3. The predicted octanol–water partition coefficient (Wildman–Crippen LogP) is 4.93. The molecule has 23 heavy (non-hydrogen) atoms. The van der Waals surface area contributed by atoms with Gasteiger partial charge in [-0.25, -0.2) is 4.79 Å². The lowest BCUT2D eigenvalue weighted by molar-refractivity contribution is 0.0979. The largest absolute Gasteiger partial charge is 0.513 e. The number of unbranched alkanes of at least 4 members (excludes halogenated alkanes) is 1. The molecule has 0 unspecified atom stereocenters. The van der Waals surface area contributed by atoms with Gasteiger partial charge in [0.1, 0.15) is 17.3 Å². The molecule has 0 aliphatic carbocycles. The average Bonchev–Trinajstić information content (AvgIpc) is 3.08. The van der Waals surface area contributed by atoms with Crippen LogP contribution in [0.4, 0.5) is 4.79 Å². The van der Waals surface area contributed by atoms with Crippen LogP contribution >= 0.6 is 0 Å². The standard InChI is InChI=1S/C19H23O3S/c1-2-3-11-21-19(20)22-16-9-10-17-15(14-16)7-6-8-18(17)23-12-4-5-13-23/h6-10,14H,2-5,11-13H2,1H3/q+1. The summed E-state index contributed by atoms with van der Waals surface area (Å²) in [4.78, 5) is 13.1. The van der Waals surface area contributed by atoms with Gasteiger partial charge in [0.05, 0.1) is 6.61 Å². The van der Waals surface area contributed by atoms with E-state index in [9.17, 15) is 4.79 Å². The molecule has 3 rings (SSSR count). The Morgan fingerprint density at radius 2 is 2.00 bits per heavy atom. The first-order valence-corrected chi connectivity index (χ1v) is 9.89. The van der Waals surface area contributed by atoms with Gasteiger partial charge in [-0.1, -0.05) is 25.5 Å². The van der Waals surface area contributed by atoms with E-state index >= 15 is 0 Å². The van der Waals surface area contributed by atoms with Crippen LogP contribution in [0.3, 0.4) is 0 Å². The second-order valence-electron chi connectivity index (χ2n) is 5.80. The molecule has 0 amide bonds. The molecule has 122 valence electrons. The zero-order valence-electron chi connectivity index (χ0n) is 13.5. The number of hydrogen-bond acceptors (Lipinski definition) is 3. The molecule has 1 aliphatic rings. The lowest BCUT2D eigenvalue weighted by Gasteiger charge is -2.08. The van der Waals surface area contributed by atoms with Crippen LogP contribution in [-0.4, -0.2) is 24.3 Å². The van der Waals surface area contributed by atoms with Crippen LogP contribution in [0.5, 0.6) is 5.75 Å². The van der Waals surface area contributed by atoms with Crippen LogP contribution in [0.15, 0.2) is 41.3 Å². The summed E-state index contributed by atoms with van der Waals surface area (Å²) in [7, 11) is 0.380. The summed E-state index contributed by atoms with van der Waals surface area (Å²) in [6.45, 7) is 2.47. The maximum atomic E-state index is 11.7. The third kappa shape index (κ3) is 3.99. The fourth-order valence-corrected chi connectivity index (χ4v) is 5.36. The summed E-state index contributed by atoms with van der Waals surface area (Å²) in [5.41, 5.74) is 0. The Labute approximate surface area is 140 Å². The molecule has 0 saturated carbocycles. The minimum absolute atomic E-state index is 0.380. The van der Waals surface area contributed by atoms with Crippen molar-refractivity contribution >= 4 is 27.8 Å². The van der Waals surface area contributed by atoms with Crippen molar-refractivity contribution in [3.63, 3.8) is 0 Å². The zero-order valence-corrected chi connectivity index (χ0v) is 14.4. The fourth-order valence-electron chi connectivity index (χ4n) is 2.85. The summed E-state index contributed by atoms with van der Waals surface area (Å²) in [5, 5.41) is 2.41. The Hall–Kier alpha value is -1.68. The van der Waals surface area contributed by atoms with Crippen molar-refractivity contribution in [2.45, 2.75) is 37.5 Å². The van der Waals surface area contributed by atoms with Gasteiger partial charge < -0.3 is 9.47 Å². The molecule has 1 saturated heterocycles. The number of rotatable bonds is 5. The van der Waals surface area contributed by atoms with Crippen LogP contribution in [-0.2, 0) is 15.6 Å². The zero-order chi connectivity index (χ0) is 16.1. The van der Waals surface area contributed by atoms with E-state index in [1.165, 1.54) is 34.6 Å². The quantitative estimate of drug-likeness (QED) is 0.337. The second kappa shape index (κ2) is 7.73. The van der Waals surface area contributed by atoms with E-state index in [1.807, 2.05) is 12.1 Å². The molecule has 0 radical (unpaired) electrons. The number of hydrogen-bond donors (Lipinski definition) is 0. The number of benzene rings is 2. The summed E-state index contributed by atoms with van der Waals surface area (Å²) >= 11 is 0. The minimum atomic E-state index is -0.619. The van der Waals surface area contributed by atoms with Gasteiger partial charge in [0, 0.05) is 16.3 Å². The van der Waals surface area contributed by atoms with Gasteiger partial charge in [-0.05, 0) is 48.9 Å². The van der Waals surface area contributed by atoms with Crippen LogP contribution in [0.2, 0.25) is 0 Å². The molecule has 2 aromatic rings. The molecule has 3 nitrogen and oxygen atoms in total. The van der Waals surface area contributed by atoms with Gasteiger partial charge in [0.15, 0.2) is 4.90 Å². The Morgan fingerprint density at radius 3 is 2.78 bits per heavy atom. The maximum Gasteiger partial charge on any atom is 0.513 e. The molecule has 0 bridgehead atoms. The highest BCUT2D eigenvalue weighted by molar-refractivity contribution is 7.97. The number of ether oxygens (including phenoxy) is 2. The van der Waals surface area contributed by atoms with Crippen molar-refractivity contribution in [1.82, 2.24) is 0 Å². The molecular weight excluding hydrogens is 308 g/mol. The molecular formula is C19H23O3S+. The molecule has 0 spiro atoms. The van der Waals surface area contributed by atoms with Gasteiger partial charge in [0.25, 0.3) is 0 Å². The lowest BCUT2D eigenvalue weighted by Crippen LogP contribution is -2.11. The summed E-state index contributed by atoms with van der Waals surface area (Å²) < 4.78 is 10.3. The van der Waals surface area contributed by atoms with Crippen molar-refractivity contribution in [2.24, 2.45) is 0 Å². The van der Waals surface area contributed by atoms with Crippen LogP contribution < -0.4 is 4.74 Å². The monoisotopic (exact) mass is 331 g/mol. The third-order valence-electron chi connectivity index (χ3n) is 4.07. The molecule has 0 N–H and O–H groups in total. The first-order valence-electron chi connectivity index (χ1n) is 8.33. The molecule has 1 fully saturated rings. The predicted molar refractivity (Wildman–Crippen MR) is 95.4 cm³/mol. The molecule has 4 heteroatoms. The normalized spacial score (nSPS) is 15.0. The average molecular weight is 331 g/mol. The number of carbonyl (C=O) groups is 1. The smallest absolute Gasteiger partial charge is 0.434 e. The van der Waals surface area contributed by atoms with Gasteiger partial charge in [0.2, 0.25) is 0 Å². The fraction of sp³-hybridized carbons (Fsp3) is 0.421. The molecule has 0 atom stereocenters. The molecule has 1 aliphatic heterocycles. The van der Waals surface area contributed by atoms with Crippen molar-refractivity contribution < 1.29 is 14.3 Å². The van der Waals surface area contributed by atoms with Gasteiger partial charge in [-0.2, -0.15) is 0 Å². The van der Waals surface area contributed by atoms with E-state index in [2.05, 4.69) is 31.2 Å². The van der Waals surface area contributed by atoms with Crippen LogP contribution in [0.25, 0.3) is 10.8 Å². The second-order valence-corrected chi connectivity index (χ2v) is 8.04. The highest BCUT2D eigenvalue weighted by Gasteiger charge is 2.28. The molecule has 1 heterocycles. The van der Waals surface area contributed by atoms with E-state index in [0.29, 0.717) is 23.3 Å². The Bertz CT molecular complexity index is 677. The van der Waals surface area contributed by atoms with Crippen molar-refractivity contribution in [2.75, 3.05) is 18.1 Å². The SMILES string of the molecule is CCCCOC(=O)Oc1ccc2c([S+]3CCCC3)cccc2c1. The number of carbonyl (C=O) groups excluding carboxylic acids is 1. The van der Waals surface area contributed by atoms with Crippen molar-refractivity contribution in [1.29, 1.82) is 0 Å². The maximum absolute atomic E-state index is 11.7. The molecule has 2 aromatic carbocycles. The van der Waals surface area contributed by atoms with Crippen molar-refractivity contribution in [3.8, 4) is 5.75 Å². The van der Waals surface area contributed by atoms with E-state index < -0.39 is 6.16 Å². The summed E-state index contributed by atoms with van der Waals surface area (Å²) in [6, 6.07) is 12.3. The van der Waals surface area contributed by atoms with E-state index in [-0.39, 0.29) is 0 Å². The summed E-state index contributed by atoms with van der Waals surface area (Å²) in [5.74, 6) is 3.16.